The molecule has 1 aliphatic heterocycles. The molecule has 8 nitrogen and oxygen atoms in total. The molecule has 128 valence electrons. The van der Waals surface area contributed by atoms with Gasteiger partial charge in [-0.1, -0.05) is 0 Å². The van der Waals surface area contributed by atoms with Crippen LogP contribution in [0.25, 0.3) is 0 Å². The number of likely N-dealkylation sites (tertiary alicyclic amines) is 1. The first kappa shape index (κ1) is 17.6. The highest BCUT2D eigenvalue weighted by Crippen LogP contribution is 2.32. The highest BCUT2D eigenvalue weighted by Gasteiger charge is 2.27. The molecule has 1 aromatic carbocycles. The summed E-state index contributed by atoms with van der Waals surface area (Å²) in [6.45, 7) is 1.84. The number of piperidine rings is 1. The van der Waals surface area contributed by atoms with E-state index < -0.39 is 14.9 Å². The summed E-state index contributed by atoms with van der Waals surface area (Å²) in [4.78, 5) is 14.8. The molecule has 0 saturated carbocycles. The molecular formula is C14H22N4O4S. The second-order valence-corrected chi connectivity index (χ2v) is 7.67. The Kier molecular flexibility index (Phi) is 5.23. The summed E-state index contributed by atoms with van der Waals surface area (Å²) in [5, 5.41) is 11.4. The first-order chi connectivity index (χ1) is 10.8. The van der Waals surface area contributed by atoms with Crippen LogP contribution in [0.3, 0.4) is 0 Å². The molecule has 0 bridgehead atoms. The lowest BCUT2D eigenvalue weighted by atomic mass is 10.0. The molecule has 1 aliphatic rings. The molecule has 1 saturated heterocycles. The van der Waals surface area contributed by atoms with E-state index in [0.29, 0.717) is 5.69 Å². The van der Waals surface area contributed by atoms with E-state index in [1.54, 1.807) is 0 Å². The number of likely N-dealkylation sites (N-methyl/N-ethyl adjacent to an activating group) is 2. The fourth-order valence-corrected chi connectivity index (χ4v) is 3.63. The van der Waals surface area contributed by atoms with Crippen molar-refractivity contribution in [3.8, 4) is 0 Å². The largest absolute Gasteiger partial charge is 0.365 e. The lowest BCUT2D eigenvalue weighted by Crippen LogP contribution is -2.45. The van der Waals surface area contributed by atoms with Gasteiger partial charge in [0.15, 0.2) is 0 Å². The van der Waals surface area contributed by atoms with Crippen molar-refractivity contribution in [2.75, 3.05) is 39.1 Å². The van der Waals surface area contributed by atoms with Crippen LogP contribution in [0.2, 0.25) is 0 Å². The van der Waals surface area contributed by atoms with Crippen LogP contribution in [0.1, 0.15) is 12.8 Å². The number of benzene rings is 1. The average molecular weight is 342 g/mol. The quantitative estimate of drug-likeness (QED) is 0.634. The minimum atomic E-state index is -3.71. The van der Waals surface area contributed by atoms with Gasteiger partial charge in [-0.2, -0.15) is 0 Å². The third kappa shape index (κ3) is 3.80. The number of nitro groups is 1. The van der Waals surface area contributed by atoms with Gasteiger partial charge in [-0.05, 0) is 45.6 Å². The van der Waals surface area contributed by atoms with Crippen molar-refractivity contribution in [3.63, 3.8) is 0 Å². The molecule has 23 heavy (non-hydrogen) atoms. The molecule has 0 aliphatic carbocycles. The Balaban J connectivity index is 2.40. The van der Waals surface area contributed by atoms with Crippen LogP contribution in [0, 0.1) is 10.1 Å². The van der Waals surface area contributed by atoms with Crippen LogP contribution >= 0.6 is 0 Å². The summed E-state index contributed by atoms with van der Waals surface area (Å²) in [5.41, 5.74) is 0.238. The fourth-order valence-electron chi connectivity index (χ4n) is 2.88. The summed E-state index contributed by atoms with van der Waals surface area (Å²) in [6.07, 6.45) is 1.99. The Labute approximate surface area is 136 Å². The van der Waals surface area contributed by atoms with Gasteiger partial charge in [-0.25, -0.2) is 13.1 Å². The topological polar surface area (TPSA) is 95.8 Å². The van der Waals surface area contributed by atoms with Crippen molar-refractivity contribution >= 4 is 21.4 Å². The SMILES string of the molecule is CNS(=O)(=O)c1ccc(N(C)C2CCCN(C)C2)c([N+](=O)[O-])c1. The maximum atomic E-state index is 11.8. The van der Waals surface area contributed by atoms with Crippen molar-refractivity contribution in [1.29, 1.82) is 0 Å². The highest BCUT2D eigenvalue weighted by molar-refractivity contribution is 7.89. The minimum absolute atomic E-state index is 0.107. The second kappa shape index (κ2) is 6.81. The first-order valence-electron chi connectivity index (χ1n) is 7.39. The molecule has 1 N–H and O–H groups in total. The van der Waals surface area contributed by atoms with E-state index >= 15 is 0 Å². The molecule has 1 heterocycles. The summed E-state index contributed by atoms with van der Waals surface area (Å²) < 4.78 is 25.9. The molecule has 9 heteroatoms. The van der Waals surface area contributed by atoms with E-state index in [0.717, 1.165) is 32.0 Å². The second-order valence-electron chi connectivity index (χ2n) is 5.78. The van der Waals surface area contributed by atoms with Crippen molar-refractivity contribution in [3.05, 3.63) is 28.3 Å². The Morgan fingerprint density at radius 2 is 2.13 bits per heavy atom. The number of sulfonamides is 1. The van der Waals surface area contributed by atoms with Gasteiger partial charge in [0.05, 0.1) is 9.82 Å². The third-order valence-corrected chi connectivity index (χ3v) is 5.66. The van der Waals surface area contributed by atoms with E-state index in [1.165, 1.54) is 19.2 Å². The van der Waals surface area contributed by atoms with Gasteiger partial charge >= 0.3 is 0 Å². The van der Waals surface area contributed by atoms with Crippen molar-refractivity contribution in [1.82, 2.24) is 9.62 Å². The number of nitrogens with zero attached hydrogens (tertiary/aromatic N) is 3. The van der Waals surface area contributed by atoms with E-state index in [-0.39, 0.29) is 16.6 Å². The lowest BCUT2D eigenvalue weighted by molar-refractivity contribution is -0.384. The first-order valence-corrected chi connectivity index (χ1v) is 8.88. The summed E-state index contributed by atoms with van der Waals surface area (Å²) in [6, 6.07) is 4.19. The predicted molar refractivity (Wildman–Crippen MR) is 88.3 cm³/mol. The highest BCUT2D eigenvalue weighted by atomic mass is 32.2. The van der Waals surface area contributed by atoms with Gasteiger partial charge in [0.2, 0.25) is 10.0 Å². The minimum Gasteiger partial charge on any atom is -0.365 e. The number of rotatable bonds is 5. The predicted octanol–water partition coefficient (Wildman–Crippen LogP) is 1.03. The maximum absolute atomic E-state index is 11.8. The number of nitrogens with one attached hydrogen (secondary N) is 1. The van der Waals surface area contributed by atoms with Crippen LogP contribution in [0.15, 0.2) is 23.1 Å². The molecule has 0 amide bonds. The molecule has 1 unspecified atom stereocenters. The fraction of sp³-hybridized carbons (Fsp3) is 0.571. The van der Waals surface area contributed by atoms with Crippen LogP contribution in [0.5, 0.6) is 0 Å². The molecule has 0 spiro atoms. The van der Waals surface area contributed by atoms with Crippen LogP contribution in [-0.2, 0) is 10.0 Å². The number of hydrogen-bond donors (Lipinski definition) is 1. The molecule has 1 aromatic rings. The van der Waals surface area contributed by atoms with Crippen LogP contribution in [0.4, 0.5) is 11.4 Å². The zero-order valence-electron chi connectivity index (χ0n) is 13.5. The Morgan fingerprint density at radius 3 is 2.70 bits per heavy atom. The molecule has 1 atom stereocenters. The number of anilines is 1. The van der Waals surface area contributed by atoms with Gasteiger partial charge < -0.3 is 9.80 Å². The molecular weight excluding hydrogens is 320 g/mol. The monoisotopic (exact) mass is 342 g/mol. The molecule has 1 fully saturated rings. The third-order valence-electron chi connectivity index (χ3n) is 4.25. The Hall–Kier alpha value is -1.71. The van der Waals surface area contributed by atoms with Crippen molar-refractivity contribution in [2.45, 2.75) is 23.8 Å². The zero-order chi connectivity index (χ0) is 17.2. The maximum Gasteiger partial charge on any atom is 0.293 e. The average Bonchev–Trinajstić information content (AvgIpc) is 2.53. The lowest BCUT2D eigenvalue weighted by Gasteiger charge is -2.36. The number of hydrogen-bond acceptors (Lipinski definition) is 6. The van der Waals surface area contributed by atoms with E-state index in [1.807, 2.05) is 19.0 Å². The number of nitro benzene ring substituents is 1. The Morgan fingerprint density at radius 1 is 1.43 bits per heavy atom. The van der Waals surface area contributed by atoms with Gasteiger partial charge in [0, 0.05) is 25.7 Å². The standard InChI is InChI=1S/C14H22N4O4S/c1-15-23(21,22)12-6-7-13(14(9-12)18(19)20)17(3)11-5-4-8-16(2)10-11/h6-7,9,11,15H,4-5,8,10H2,1-3H3. The van der Waals surface area contributed by atoms with E-state index in [9.17, 15) is 18.5 Å². The van der Waals surface area contributed by atoms with Gasteiger partial charge in [0.25, 0.3) is 5.69 Å². The molecule has 0 radical (unpaired) electrons. The molecule has 0 aromatic heterocycles. The van der Waals surface area contributed by atoms with Gasteiger partial charge in [-0.3, -0.25) is 10.1 Å². The normalized spacial score (nSPS) is 19.5. The summed E-state index contributed by atoms with van der Waals surface area (Å²) in [5.74, 6) is 0. The Bertz CT molecular complexity index is 692. The zero-order valence-corrected chi connectivity index (χ0v) is 14.3. The van der Waals surface area contributed by atoms with E-state index in [4.69, 9.17) is 0 Å². The smallest absolute Gasteiger partial charge is 0.293 e. The molecule has 2 rings (SSSR count). The van der Waals surface area contributed by atoms with Crippen LogP contribution < -0.4 is 9.62 Å². The van der Waals surface area contributed by atoms with Gasteiger partial charge in [0.1, 0.15) is 5.69 Å². The van der Waals surface area contributed by atoms with Crippen LogP contribution in [-0.4, -0.2) is 58.5 Å². The van der Waals surface area contributed by atoms with E-state index in [2.05, 4.69) is 9.62 Å². The van der Waals surface area contributed by atoms with Gasteiger partial charge in [-0.15, -0.1) is 0 Å². The summed E-state index contributed by atoms with van der Waals surface area (Å²) in [7, 11) is 1.41. The summed E-state index contributed by atoms with van der Waals surface area (Å²) >= 11 is 0. The van der Waals surface area contributed by atoms with Crippen molar-refractivity contribution in [2.24, 2.45) is 0 Å². The van der Waals surface area contributed by atoms with Crippen molar-refractivity contribution < 1.29 is 13.3 Å².